The third-order valence-electron chi connectivity index (χ3n) is 5.64. The predicted molar refractivity (Wildman–Crippen MR) is 115 cm³/mol. The van der Waals surface area contributed by atoms with E-state index in [9.17, 15) is 4.79 Å². The van der Waals surface area contributed by atoms with Gasteiger partial charge in [-0.05, 0) is 61.4 Å². The van der Waals surface area contributed by atoms with Crippen molar-refractivity contribution in [1.29, 1.82) is 0 Å². The average molecular weight is 399 g/mol. The number of likely N-dealkylation sites (tertiary alicyclic amines) is 1. The molecule has 1 aromatic heterocycles. The first-order valence-electron chi connectivity index (χ1n) is 10.7. The van der Waals surface area contributed by atoms with Gasteiger partial charge in [-0.15, -0.1) is 0 Å². The highest BCUT2D eigenvalue weighted by Crippen LogP contribution is 2.23. The maximum absolute atomic E-state index is 12.3. The minimum absolute atomic E-state index is 0.125. The lowest BCUT2D eigenvalue weighted by Gasteiger charge is -2.32. The lowest BCUT2D eigenvalue weighted by atomic mass is 9.93. The third-order valence-corrected chi connectivity index (χ3v) is 5.64. The van der Waals surface area contributed by atoms with Gasteiger partial charge in [-0.25, -0.2) is 0 Å². The SMILES string of the molecule is COc1cccc(CNC(=O)CC[C@@H]2CCCN(Cc3cc(C(C)C)n[nH]3)C2)c1. The molecule has 158 valence electrons. The molecule has 0 aliphatic carbocycles. The number of aromatic amines is 1. The van der Waals surface area contributed by atoms with E-state index in [4.69, 9.17) is 4.74 Å². The van der Waals surface area contributed by atoms with Gasteiger partial charge in [0.15, 0.2) is 0 Å². The number of nitrogens with one attached hydrogen (secondary N) is 2. The van der Waals surface area contributed by atoms with Gasteiger partial charge in [-0.1, -0.05) is 26.0 Å². The van der Waals surface area contributed by atoms with Crippen molar-refractivity contribution in [1.82, 2.24) is 20.4 Å². The number of nitrogens with zero attached hydrogens (tertiary/aromatic N) is 2. The van der Waals surface area contributed by atoms with Gasteiger partial charge in [0, 0.05) is 31.7 Å². The number of aromatic nitrogens is 2. The Morgan fingerprint density at radius 1 is 1.38 bits per heavy atom. The first-order chi connectivity index (χ1) is 14.0. The maximum Gasteiger partial charge on any atom is 0.220 e. The number of carbonyl (C=O) groups is 1. The van der Waals surface area contributed by atoms with Crippen LogP contribution in [-0.2, 0) is 17.9 Å². The quantitative estimate of drug-likeness (QED) is 0.673. The van der Waals surface area contributed by atoms with Crippen LogP contribution in [0.2, 0.25) is 0 Å². The molecule has 6 nitrogen and oxygen atoms in total. The van der Waals surface area contributed by atoms with E-state index in [1.54, 1.807) is 7.11 Å². The Kier molecular flexibility index (Phi) is 7.69. The summed E-state index contributed by atoms with van der Waals surface area (Å²) >= 11 is 0. The molecular formula is C23H34N4O2. The van der Waals surface area contributed by atoms with Gasteiger partial charge in [0.05, 0.1) is 12.8 Å². The van der Waals surface area contributed by atoms with Gasteiger partial charge in [-0.3, -0.25) is 14.8 Å². The molecule has 1 atom stereocenters. The zero-order chi connectivity index (χ0) is 20.6. The second-order valence-electron chi connectivity index (χ2n) is 8.38. The topological polar surface area (TPSA) is 70.2 Å². The first-order valence-corrected chi connectivity index (χ1v) is 10.7. The summed E-state index contributed by atoms with van der Waals surface area (Å²) in [5.74, 6) is 1.97. The van der Waals surface area contributed by atoms with Gasteiger partial charge < -0.3 is 10.1 Å². The normalized spacial score (nSPS) is 17.4. The van der Waals surface area contributed by atoms with E-state index < -0.39 is 0 Å². The van der Waals surface area contributed by atoms with Crippen LogP contribution in [-0.4, -0.2) is 41.2 Å². The van der Waals surface area contributed by atoms with Gasteiger partial charge in [0.1, 0.15) is 5.75 Å². The van der Waals surface area contributed by atoms with Gasteiger partial charge in [-0.2, -0.15) is 5.10 Å². The Bertz CT molecular complexity index is 787. The van der Waals surface area contributed by atoms with Crippen LogP contribution < -0.4 is 10.1 Å². The summed E-state index contributed by atoms with van der Waals surface area (Å²) in [7, 11) is 1.65. The number of benzene rings is 1. The average Bonchev–Trinajstić information content (AvgIpc) is 3.20. The van der Waals surface area contributed by atoms with E-state index >= 15 is 0 Å². The molecule has 3 rings (SSSR count). The lowest BCUT2D eigenvalue weighted by molar-refractivity contribution is -0.121. The van der Waals surface area contributed by atoms with E-state index in [0.717, 1.165) is 43.1 Å². The highest BCUT2D eigenvalue weighted by molar-refractivity contribution is 5.75. The minimum Gasteiger partial charge on any atom is -0.497 e. The monoisotopic (exact) mass is 398 g/mol. The van der Waals surface area contributed by atoms with E-state index in [0.29, 0.717) is 24.8 Å². The summed E-state index contributed by atoms with van der Waals surface area (Å²) in [5.41, 5.74) is 3.37. The zero-order valence-electron chi connectivity index (χ0n) is 17.9. The van der Waals surface area contributed by atoms with Crippen LogP contribution in [0, 0.1) is 5.92 Å². The van der Waals surface area contributed by atoms with Gasteiger partial charge in [0.2, 0.25) is 5.91 Å². The van der Waals surface area contributed by atoms with Crippen molar-refractivity contribution in [2.45, 2.75) is 58.5 Å². The minimum atomic E-state index is 0.125. The standard InChI is InChI=1S/C23H34N4O2/c1-17(2)22-13-20(25-26-22)16-27-11-5-7-18(15-27)9-10-23(28)24-14-19-6-4-8-21(12-19)29-3/h4,6,8,12-13,17-18H,5,7,9-11,14-16H2,1-3H3,(H,24,28)(H,25,26)/t18-/m0/s1. The van der Waals surface area contributed by atoms with Crippen molar-refractivity contribution >= 4 is 5.91 Å². The van der Waals surface area contributed by atoms with Crippen molar-refractivity contribution < 1.29 is 9.53 Å². The molecule has 1 saturated heterocycles. The summed E-state index contributed by atoms with van der Waals surface area (Å²) in [6, 6.07) is 10.00. The fourth-order valence-electron chi connectivity index (χ4n) is 3.93. The molecule has 0 spiro atoms. The number of methoxy groups -OCH3 is 1. The summed E-state index contributed by atoms with van der Waals surface area (Å²) in [4.78, 5) is 14.8. The number of hydrogen-bond acceptors (Lipinski definition) is 4. The zero-order valence-corrected chi connectivity index (χ0v) is 17.9. The molecule has 29 heavy (non-hydrogen) atoms. The Morgan fingerprint density at radius 3 is 3.00 bits per heavy atom. The highest BCUT2D eigenvalue weighted by Gasteiger charge is 2.21. The Morgan fingerprint density at radius 2 is 2.24 bits per heavy atom. The fourth-order valence-corrected chi connectivity index (χ4v) is 3.93. The number of rotatable bonds is 9. The van der Waals surface area contributed by atoms with Crippen molar-refractivity contribution in [2.75, 3.05) is 20.2 Å². The molecule has 1 aromatic carbocycles. The molecule has 0 bridgehead atoms. The second kappa shape index (κ2) is 10.4. The second-order valence-corrected chi connectivity index (χ2v) is 8.38. The van der Waals surface area contributed by atoms with Crippen LogP contribution in [0.3, 0.4) is 0 Å². The first kappa shape index (κ1) is 21.4. The predicted octanol–water partition coefficient (Wildman–Crippen LogP) is 3.85. The Hall–Kier alpha value is -2.34. The molecule has 1 fully saturated rings. The van der Waals surface area contributed by atoms with Crippen molar-refractivity contribution in [3.8, 4) is 5.75 Å². The smallest absolute Gasteiger partial charge is 0.220 e. The van der Waals surface area contributed by atoms with E-state index in [-0.39, 0.29) is 5.91 Å². The number of ether oxygens (including phenoxy) is 1. The Labute approximate surface area is 174 Å². The van der Waals surface area contributed by atoms with Crippen LogP contribution in [0.1, 0.15) is 62.4 Å². The summed E-state index contributed by atoms with van der Waals surface area (Å²) < 4.78 is 5.23. The molecule has 1 aliphatic rings. The molecular weight excluding hydrogens is 364 g/mol. The molecule has 2 aromatic rings. The molecule has 0 unspecified atom stereocenters. The number of amides is 1. The maximum atomic E-state index is 12.3. The summed E-state index contributed by atoms with van der Waals surface area (Å²) in [6.45, 7) is 7.96. The Balaban J connectivity index is 1.39. The van der Waals surface area contributed by atoms with Crippen LogP contribution in [0.25, 0.3) is 0 Å². The molecule has 6 heteroatoms. The van der Waals surface area contributed by atoms with E-state index in [1.807, 2.05) is 24.3 Å². The van der Waals surface area contributed by atoms with E-state index in [2.05, 4.69) is 40.3 Å². The van der Waals surface area contributed by atoms with Crippen LogP contribution >= 0.6 is 0 Å². The van der Waals surface area contributed by atoms with Crippen molar-refractivity contribution in [3.63, 3.8) is 0 Å². The summed E-state index contributed by atoms with van der Waals surface area (Å²) in [5, 5.41) is 10.6. The van der Waals surface area contributed by atoms with Crippen LogP contribution in [0.15, 0.2) is 30.3 Å². The fraction of sp³-hybridized carbons (Fsp3) is 0.565. The van der Waals surface area contributed by atoms with Crippen molar-refractivity contribution in [3.05, 3.63) is 47.3 Å². The molecule has 0 radical (unpaired) electrons. The van der Waals surface area contributed by atoms with Crippen LogP contribution in [0.4, 0.5) is 0 Å². The highest BCUT2D eigenvalue weighted by atomic mass is 16.5. The lowest BCUT2D eigenvalue weighted by Crippen LogP contribution is -2.35. The van der Waals surface area contributed by atoms with Gasteiger partial charge >= 0.3 is 0 Å². The number of piperidine rings is 1. The third kappa shape index (κ3) is 6.60. The largest absolute Gasteiger partial charge is 0.497 e. The number of carbonyl (C=O) groups excluding carboxylic acids is 1. The number of hydrogen-bond donors (Lipinski definition) is 2. The van der Waals surface area contributed by atoms with Crippen molar-refractivity contribution in [2.24, 2.45) is 5.92 Å². The van der Waals surface area contributed by atoms with E-state index in [1.165, 1.54) is 18.5 Å². The van der Waals surface area contributed by atoms with Gasteiger partial charge in [0.25, 0.3) is 0 Å². The number of H-pyrrole nitrogens is 1. The molecule has 2 N–H and O–H groups in total. The van der Waals surface area contributed by atoms with Crippen LogP contribution in [0.5, 0.6) is 5.75 Å². The molecule has 0 saturated carbocycles. The molecule has 1 amide bonds. The molecule has 2 heterocycles. The molecule has 1 aliphatic heterocycles. The summed E-state index contributed by atoms with van der Waals surface area (Å²) in [6.07, 6.45) is 3.94.